The molecule has 5 heteroatoms. The van der Waals surface area contributed by atoms with E-state index in [1.807, 2.05) is 7.05 Å². The first-order valence-corrected chi connectivity index (χ1v) is 9.34. The Labute approximate surface area is 142 Å². The Balaban J connectivity index is 1.87. The summed E-state index contributed by atoms with van der Waals surface area (Å²) in [6.07, 6.45) is 6.79. The van der Waals surface area contributed by atoms with Crippen LogP contribution < -0.4 is 5.32 Å². The highest BCUT2D eigenvalue weighted by atomic mass is 16.3. The van der Waals surface area contributed by atoms with Crippen molar-refractivity contribution in [1.29, 1.82) is 0 Å². The normalized spacial score (nSPS) is 33.0. The number of guanidine groups is 1. The van der Waals surface area contributed by atoms with Crippen molar-refractivity contribution in [3.8, 4) is 0 Å². The molecule has 5 nitrogen and oxygen atoms in total. The number of aliphatic hydroxyl groups is 1. The van der Waals surface area contributed by atoms with Crippen LogP contribution in [0.25, 0.3) is 0 Å². The largest absolute Gasteiger partial charge is 0.392 e. The summed E-state index contributed by atoms with van der Waals surface area (Å²) in [5.41, 5.74) is -0.0299. The lowest BCUT2D eigenvalue weighted by molar-refractivity contribution is 0.00366. The summed E-state index contributed by atoms with van der Waals surface area (Å²) in [5, 5.41) is 13.9. The molecule has 1 heterocycles. The lowest BCUT2D eigenvalue weighted by Crippen LogP contribution is -2.50. The van der Waals surface area contributed by atoms with Crippen LogP contribution in [0.3, 0.4) is 0 Å². The molecule has 0 spiro atoms. The van der Waals surface area contributed by atoms with Crippen molar-refractivity contribution in [1.82, 2.24) is 15.1 Å². The summed E-state index contributed by atoms with van der Waals surface area (Å²) in [6.45, 7) is 8.63. The fraction of sp³-hybridized carbons (Fsp3) is 0.944. The highest BCUT2D eigenvalue weighted by molar-refractivity contribution is 5.79. The van der Waals surface area contributed by atoms with Crippen molar-refractivity contribution >= 4 is 5.96 Å². The van der Waals surface area contributed by atoms with Gasteiger partial charge < -0.3 is 15.3 Å². The molecule has 0 aromatic rings. The van der Waals surface area contributed by atoms with Gasteiger partial charge >= 0.3 is 0 Å². The Morgan fingerprint density at radius 3 is 2.78 bits per heavy atom. The first-order chi connectivity index (χ1) is 11.0. The third-order valence-electron chi connectivity index (χ3n) is 5.89. The predicted molar refractivity (Wildman–Crippen MR) is 96.8 cm³/mol. The van der Waals surface area contributed by atoms with E-state index in [0.29, 0.717) is 6.04 Å². The number of aliphatic hydroxyl groups excluding tert-OH is 1. The van der Waals surface area contributed by atoms with E-state index < -0.39 is 0 Å². The molecule has 23 heavy (non-hydrogen) atoms. The minimum absolute atomic E-state index is 0.0299. The number of rotatable bonds is 5. The summed E-state index contributed by atoms with van der Waals surface area (Å²) >= 11 is 0. The first-order valence-electron chi connectivity index (χ1n) is 9.34. The second kappa shape index (κ2) is 8.34. The minimum atomic E-state index is -0.197. The molecule has 1 saturated carbocycles. The molecule has 1 saturated heterocycles. The second-order valence-corrected chi connectivity index (χ2v) is 7.62. The fourth-order valence-electron chi connectivity index (χ4n) is 4.17. The molecule has 134 valence electrons. The van der Waals surface area contributed by atoms with E-state index in [4.69, 9.17) is 0 Å². The number of aliphatic imine (C=N–C) groups is 1. The van der Waals surface area contributed by atoms with Gasteiger partial charge in [0.1, 0.15) is 0 Å². The lowest BCUT2D eigenvalue weighted by Gasteiger charge is -2.39. The lowest BCUT2D eigenvalue weighted by atomic mass is 9.73. The number of hydrogen-bond acceptors (Lipinski definition) is 3. The Kier molecular flexibility index (Phi) is 6.72. The second-order valence-electron chi connectivity index (χ2n) is 7.62. The van der Waals surface area contributed by atoms with Crippen molar-refractivity contribution in [3.63, 3.8) is 0 Å². The van der Waals surface area contributed by atoms with E-state index in [-0.39, 0.29) is 11.5 Å². The Bertz CT molecular complexity index is 400. The van der Waals surface area contributed by atoms with Crippen LogP contribution in [0, 0.1) is 5.41 Å². The molecular weight excluding hydrogens is 288 g/mol. The van der Waals surface area contributed by atoms with Gasteiger partial charge in [0.15, 0.2) is 5.96 Å². The molecule has 2 rings (SSSR count). The van der Waals surface area contributed by atoms with E-state index in [1.54, 1.807) is 0 Å². The topological polar surface area (TPSA) is 51.1 Å². The molecule has 2 fully saturated rings. The standard InChI is InChI=1S/C18H36N4O/c1-5-22-12-8-9-15(22)13-21(4)17(19-3)20-14-18(2)11-7-6-10-16(18)23/h15-16,23H,5-14H2,1-4H3,(H,19,20). The SMILES string of the molecule is CCN1CCCC1CN(C)C(=NC)NCC1(C)CCCCC1O. The van der Waals surface area contributed by atoms with Gasteiger partial charge in [0.2, 0.25) is 0 Å². The van der Waals surface area contributed by atoms with E-state index in [9.17, 15) is 5.11 Å². The van der Waals surface area contributed by atoms with Crippen molar-refractivity contribution in [2.45, 2.75) is 64.5 Å². The van der Waals surface area contributed by atoms with Crippen LogP contribution in [-0.4, -0.2) is 73.3 Å². The van der Waals surface area contributed by atoms with E-state index >= 15 is 0 Å². The van der Waals surface area contributed by atoms with Crippen LogP contribution in [0.1, 0.15) is 52.4 Å². The zero-order valence-corrected chi connectivity index (χ0v) is 15.5. The first kappa shape index (κ1) is 18.5. The number of likely N-dealkylation sites (tertiary alicyclic amines) is 1. The van der Waals surface area contributed by atoms with Gasteiger partial charge in [0.25, 0.3) is 0 Å². The molecular formula is C18H36N4O. The number of hydrogen-bond donors (Lipinski definition) is 2. The van der Waals surface area contributed by atoms with Crippen molar-refractivity contribution in [3.05, 3.63) is 0 Å². The third-order valence-corrected chi connectivity index (χ3v) is 5.89. The molecule has 0 aromatic carbocycles. The van der Waals surface area contributed by atoms with Gasteiger partial charge in [-0.1, -0.05) is 26.7 Å². The van der Waals surface area contributed by atoms with E-state index in [1.165, 1.54) is 25.8 Å². The average molecular weight is 325 g/mol. The highest BCUT2D eigenvalue weighted by Gasteiger charge is 2.35. The summed E-state index contributed by atoms with van der Waals surface area (Å²) in [5.74, 6) is 0.951. The quantitative estimate of drug-likeness (QED) is 0.599. The number of nitrogens with one attached hydrogen (secondary N) is 1. The van der Waals surface area contributed by atoms with Gasteiger partial charge in [-0.25, -0.2) is 0 Å². The van der Waals surface area contributed by atoms with Gasteiger partial charge in [0, 0.05) is 38.6 Å². The number of likely N-dealkylation sites (N-methyl/N-ethyl adjacent to an activating group) is 2. The van der Waals surface area contributed by atoms with Crippen LogP contribution in [0.2, 0.25) is 0 Å². The predicted octanol–water partition coefficient (Wildman–Crippen LogP) is 1.92. The van der Waals surface area contributed by atoms with E-state index in [2.05, 4.69) is 41.0 Å². The van der Waals surface area contributed by atoms with Gasteiger partial charge in [-0.05, 0) is 38.8 Å². The Morgan fingerprint density at radius 1 is 1.35 bits per heavy atom. The zero-order chi connectivity index (χ0) is 16.9. The molecule has 2 N–H and O–H groups in total. The molecule has 0 bridgehead atoms. The van der Waals surface area contributed by atoms with Gasteiger partial charge in [-0.15, -0.1) is 0 Å². The Morgan fingerprint density at radius 2 is 2.13 bits per heavy atom. The van der Waals surface area contributed by atoms with Crippen LogP contribution in [0.5, 0.6) is 0 Å². The van der Waals surface area contributed by atoms with Gasteiger partial charge in [-0.2, -0.15) is 0 Å². The molecule has 1 aliphatic heterocycles. The minimum Gasteiger partial charge on any atom is -0.392 e. The summed E-state index contributed by atoms with van der Waals surface area (Å²) in [7, 11) is 3.98. The maximum absolute atomic E-state index is 10.3. The molecule has 0 radical (unpaired) electrons. The van der Waals surface area contributed by atoms with Gasteiger partial charge in [-0.3, -0.25) is 9.89 Å². The summed E-state index contributed by atoms with van der Waals surface area (Å²) in [6, 6.07) is 0.638. The maximum atomic E-state index is 10.3. The smallest absolute Gasteiger partial charge is 0.193 e. The molecule has 3 atom stereocenters. The zero-order valence-electron chi connectivity index (χ0n) is 15.5. The van der Waals surface area contributed by atoms with Crippen LogP contribution in [0.4, 0.5) is 0 Å². The summed E-state index contributed by atoms with van der Waals surface area (Å²) < 4.78 is 0. The molecule has 0 aromatic heterocycles. The molecule has 0 amide bonds. The third kappa shape index (κ3) is 4.60. The Hall–Kier alpha value is -0.810. The average Bonchev–Trinajstić information content (AvgIpc) is 2.98. The van der Waals surface area contributed by atoms with Crippen molar-refractivity contribution in [2.75, 3.05) is 40.3 Å². The van der Waals surface area contributed by atoms with Crippen molar-refractivity contribution in [2.24, 2.45) is 10.4 Å². The number of nitrogens with zero attached hydrogens (tertiary/aromatic N) is 3. The van der Waals surface area contributed by atoms with Crippen molar-refractivity contribution < 1.29 is 5.11 Å². The van der Waals surface area contributed by atoms with Crippen LogP contribution in [-0.2, 0) is 0 Å². The van der Waals surface area contributed by atoms with E-state index in [0.717, 1.165) is 44.9 Å². The molecule has 2 aliphatic rings. The van der Waals surface area contributed by atoms with Gasteiger partial charge in [0.05, 0.1) is 6.10 Å². The highest BCUT2D eigenvalue weighted by Crippen LogP contribution is 2.35. The summed E-state index contributed by atoms with van der Waals surface area (Å²) in [4.78, 5) is 9.27. The monoisotopic (exact) mass is 324 g/mol. The molecule has 1 aliphatic carbocycles. The fourth-order valence-corrected chi connectivity index (χ4v) is 4.17. The molecule has 3 unspecified atom stereocenters. The maximum Gasteiger partial charge on any atom is 0.193 e. The van der Waals surface area contributed by atoms with Crippen LogP contribution >= 0.6 is 0 Å². The van der Waals surface area contributed by atoms with Crippen LogP contribution in [0.15, 0.2) is 4.99 Å².